The second-order valence-electron chi connectivity index (χ2n) is 6.67. The number of rotatable bonds is 4. The zero-order valence-corrected chi connectivity index (χ0v) is 14.5. The van der Waals surface area contributed by atoms with Crippen molar-refractivity contribution in [2.24, 2.45) is 0 Å². The van der Waals surface area contributed by atoms with Crippen LogP contribution in [0.4, 0.5) is 5.69 Å². The van der Waals surface area contributed by atoms with Crippen LogP contribution in [-0.2, 0) is 22.6 Å². The van der Waals surface area contributed by atoms with E-state index in [1.54, 1.807) is 17.3 Å². The third-order valence-electron chi connectivity index (χ3n) is 4.84. The Bertz CT molecular complexity index is 837. The van der Waals surface area contributed by atoms with E-state index in [1.807, 2.05) is 30.3 Å². The van der Waals surface area contributed by atoms with E-state index >= 15 is 0 Å². The topological polar surface area (TPSA) is 71.5 Å². The van der Waals surface area contributed by atoms with Gasteiger partial charge in [-0.05, 0) is 42.5 Å². The summed E-state index contributed by atoms with van der Waals surface area (Å²) >= 11 is 0. The maximum atomic E-state index is 12.5. The molecular formula is C20H21N3O3. The van der Waals surface area contributed by atoms with Crippen molar-refractivity contribution < 1.29 is 14.3 Å². The Morgan fingerprint density at radius 3 is 3.00 bits per heavy atom. The van der Waals surface area contributed by atoms with Crippen molar-refractivity contribution in [1.29, 1.82) is 0 Å². The van der Waals surface area contributed by atoms with Gasteiger partial charge in [-0.2, -0.15) is 0 Å². The molecule has 2 aliphatic heterocycles. The number of pyridine rings is 1. The number of para-hydroxylation sites is 1. The van der Waals surface area contributed by atoms with Crippen molar-refractivity contribution >= 4 is 17.5 Å². The second-order valence-corrected chi connectivity index (χ2v) is 6.67. The Morgan fingerprint density at radius 2 is 2.15 bits per heavy atom. The van der Waals surface area contributed by atoms with E-state index in [1.165, 1.54) is 0 Å². The summed E-state index contributed by atoms with van der Waals surface area (Å²) in [5.74, 6) is 0.791. The smallest absolute Gasteiger partial charge is 0.261 e. The van der Waals surface area contributed by atoms with Crippen LogP contribution in [0.2, 0.25) is 0 Å². The van der Waals surface area contributed by atoms with E-state index in [0.29, 0.717) is 19.4 Å². The molecule has 1 aromatic heterocycles. The molecule has 0 saturated carbocycles. The number of nitrogens with one attached hydrogen (secondary N) is 1. The monoisotopic (exact) mass is 351 g/mol. The predicted molar refractivity (Wildman–Crippen MR) is 96.8 cm³/mol. The number of ether oxygens (including phenoxy) is 1. The van der Waals surface area contributed by atoms with Crippen molar-refractivity contribution in [1.82, 2.24) is 10.3 Å². The van der Waals surface area contributed by atoms with Crippen molar-refractivity contribution in [3.05, 3.63) is 53.9 Å². The van der Waals surface area contributed by atoms with Gasteiger partial charge in [-0.25, -0.2) is 0 Å². The van der Waals surface area contributed by atoms with Crippen molar-refractivity contribution in [2.75, 3.05) is 11.4 Å². The summed E-state index contributed by atoms with van der Waals surface area (Å²) in [5.41, 5.74) is 2.80. The van der Waals surface area contributed by atoms with E-state index in [4.69, 9.17) is 4.74 Å². The van der Waals surface area contributed by atoms with Crippen LogP contribution < -0.4 is 15.0 Å². The third-order valence-corrected chi connectivity index (χ3v) is 4.84. The molecule has 0 bridgehead atoms. The predicted octanol–water partition coefficient (Wildman–Crippen LogP) is 2.22. The van der Waals surface area contributed by atoms with E-state index in [2.05, 4.69) is 10.3 Å². The molecule has 2 aliphatic rings. The van der Waals surface area contributed by atoms with E-state index in [9.17, 15) is 9.59 Å². The van der Waals surface area contributed by atoms with Gasteiger partial charge >= 0.3 is 0 Å². The van der Waals surface area contributed by atoms with E-state index in [0.717, 1.165) is 42.0 Å². The first-order chi connectivity index (χ1) is 12.7. The Balaban J connectivity index is 1.37. The highest BCUT2D eigenvalue weighted by Crippen LogP contribution is 2.27. The summed E-state index contributed by atoms with van der Waals surface area (Å²) < 4.78 is 5.82. The van der Waals surface area contributed by atoms with Gasteiger partial charge in [0, 0.05) is 25.7 Å². The minimum atomic E-state index is -0.471. The highest BCUT2D eigenvalue weighted by atomic mass is 16.5. The Kier molecular flexibility index (Phi) is 4.56. The lowest BCUT2D eigenvalue weighted by Crippen LogP contribution is -2.40. The van der Waals surface area contributed by atoms with Crippen LogP contribution in [0.3, 0.4) is 0 Å². The molecular weight excluding hydrogens is 330 g/mol. The van der Waals surface area contributed by atoms with Gasteiger partial charge in [0.25, 0.3) is 5.91 Å². The van der Waals surface area contributed by atoms with Gasteiger partial charge in [0.2, 0.25) is 5.91 Å². The van der Waals surface area contributed by atoms with Crippen LogP contribution in [0.5, 0.6) is 5.75 Å². The number of nitrogens with zero attached hydrogens (tertiary/aromatic N) is 2. The average molecular weight is 351 g/mol. The molecule has 0 radical (unpaired) electrons. The minimum absolute atomic E-state index is 0.123. The molecule has 1 atom stereocenters. The summed E-state index contributed by atoms with van der Waals surface area (Å²) in [6.45, 7) is 1.09. The standard InChI is InChI=1S/C20H21N3O3/c24-19-6-3-9-23(19)16-10-14(11-21-13-16)12-22-20(25)18-8-7-15-4-1-2-5-17(15)26-18/h1-2,4-5,10-11,13,18H,3,6-9,12H2,(H,22,25). The number of amides is 2. The molecule has 6 nitrogen and oxygen atoms in total. The van der Waals surface area contributed by atoms with Gasteiger partial charge in [0.1, 0.15) is 5.75 Å². The summed E-state index contributed by atoms with van der Waals surface area (Å²) in [4.78, 5) is 30.3. The number of anilines is 1. The SMILES string of the molecule is O=C(NCc1cncc(N2CCCC2=O)c1)C1CCc2ccccc2O1. The fourth-order valence-corrected chi connectivity index (χ4v) is 3.45. The van der Waals surface area contributed by atoms with Crippen LogP contribution in [0.15, 0.2) is 42.7 Å². The summed E-state index contributed by atoms with van der Waals surface area (Å²) in [6, 6.07) is 9.73. The van der Waals surface area contributed by atoms with E-state index in [-0.39, 0.29) is 11.8 Å². The van der Waals surface area contributed by atoms with Crippen LogP contribution in [0.1, 0.15) is 30.4 Å². The molecule has 3 heterocycles. The summed E-state index contributed by atoms with van der Waals surface area (Å²) in [6.07, 6.45) is 5.89. The highest BCUT2D eigenvalue weighted by molar-refractivity contribution is 5.95. The molecule has 0 aliphatic carbocycles. The Morgan fingerprint density at radius 1 is 1.27 bits per heavy atom. The molecule has 1 saturated heterocycles. The fourth-order valence-electron chi connectivity index (χ4n) is 3.45. The molecule has 26 heavy (non-hydrogen) atoms. The molecule has 6 heteroatoms. The van der Waals surface area contributed by atoms with Gasteiger partial charge in [-0.3, -0.25) is 14.6 Å². The number of carbonyl (C=O) groups is 2. The van der Waals surface area contributed by atoms with Gasteiger partial charge in [-0.15, -0.1) is 0 Å². The number of fused-ring (bicyclic) bond motifs is 1. The highest BCUT2D eigenvalue weighted by Gasteiger charge is 2.26. The molecule has 1 unspecified atom stereocenters. The molecule has 134 valence electrons. The van der Waals surface area contributed by atoms with E-state index < -0.39 is 6.10 Å². The van der Waals surface area contributed by atoms with Crippen molar-refractivity contribution in [3.8, 4) is 5.75 Å². The maximum absolute atomic E-state index is 12.5. The van der Waals surface area contributed by atoms with Gasteiger partial charge < -0.3 is 15.0 Å². The summed E-state index contributed by atoms with van der Waals surface area (Å²) in [5, 5.41) is 2.92. The molecule has 2 aromatic rings. The zero-order chi connectivity index (χ0) is 17.9. The number of carbonyl (C=O) groups excluding carboxylic acids is 2. The first-order valence-electron chi connectivity index (χ1n) is 8.97. The molecule has 0 spiro atoms. The lowest BCUT2D eigenvalue weighted by atomic mass is 10.0. The van der Waals surface area contributed by atoms with Crippen LogP contribution in [0.25, 0.3) is 0 Å². The zero-order valence-electron chi connectivity index (χ0n) is 14.5. The largest absolute Gasteiger partial charge is 0.480 e. The van der Waals surface area contributed by atoms with Crippen molar-refractivity contribution in [2.45, 2.75) is 38.3 Å². The van der Waals surface area contributed by atoms with Crippen LogP contribution >= 0.6 is 0 Å². The normalized spacial score (nSPS) is 19.0. The fraction of sp³-hybridized carbons (Fsp3) is 0.350. The van der Waals surface area contributed by atoms with Crippen LogP contribution in [0, 0.1) is 0 Å². The number of aromatic nitrogens is 1. The molecule has 1 fully saturated rings. The molecule has 1 N–H and O–H groups in total. The second kappa shape index (κ2) is 7.15. The average Bonchev–Trinajstić information content (AvgIpc) is 3.12. The quantitative estimate of drug-likeness (QED) is 0.917. The Hall–Kier alpha value is -2.89. The van der Waals surface area contributed by atoms with Crippen LogP contribution in [-0.4, -0.2) is 29.4 Å². The summed E-state index contributed by atoms with van der Waals surface area (Å²) in [7, 11) is 0. The minimum Gasteiger partial charge on any atom is -0.480 e. The van der Waals surface area contributed by atoms with Crippen molar-refractivity contribution in [3.63, 3.8) is 0 Å². The first-order valence-corrected chi connectivity index (χ1v) is 8.97. The molecule has 4 rings (SSSR count). The number of hydrogen-bond acceptors (Lipinski definition) is 4. The lowest BCUT2D eigenvalue weighted by molar-refractivity contribution is -0.128. The Labute approximate surface area is 152 Å². The lowest BCUT2D eigenvalue weighted by Gasteiger charge is -2.25. The van der Waals surface area contributed by atoms with Gasteiger partial charge in [0.15, 0.2) is 6.10 Å². The molecule has 2 amide bonds. The van der Waals surface area contributed by atoms with Gasteiger partial charge in [-0.1, -0.05) is 18.2 Å². The molecule has 1 aromatic carbocycles. The third kappa shape index (κ3) is 3.40. The van der Waals surface area contributed by atoms with Gasteiger partial charge in [0.05, 0.1) is 11.9 Å². The number of hydrogen-bond donors (Lipinski definition) is 1. The first kappa shape index (κ1) is 16.6. The number of benzene rings is 1. The maximum Gasteiger partial charge on any atom is 0.261 e. The number of aryl methyl sites for hydroxylation is 1.